The zero-order valence-electron chi connectivity index (χ0n) is 10.6. The van der Waals surface area contributed by atoms with E-state index in [1.54, 1.807) is 19.1 Å². The molecule has 2 N–H and O–H groups in total. The highest BCUT2D eigenvalue weighted by atomic mass is 16.5. The number of esters is 1. The first-order chi connectivity index (χ1) is 8.65. The van der Waals surface area contributed by atoms with Gasteiger partial charge < -0.3 is 10.5 Å². The van der Waals surface area contributed by atoms with E-state index in [0.29, 0.717) is 31.4 Å². The quantitative estimate of drug-likeness (QED) is 0.592. The number of ketones is 1. The van der Waals surface area contributed by atoms with Gasteiger partial charge in [0, 0.05) is 12.0 Å². The molecule has 0 saturated heterocycles. The summed E-state index contributed by atoms with van der Waals surface area (Å²) < 4.78 is 4.80. The van der Waals surface area contributed by atoms with Crippen molar-refractivity contribution < 1.29 is 14.3 Å². The van der Waals surface area contributed by atoms with Crippen LogP contribution in [0.2, 0.25) is 0 Å². The number of benzene rings is 1. The third kappa shape index (κ3) is 4.67. The normalized spacial score (nSPS) is 11.9. The molecule has 98 valence electrons. The van der Waals surface area contributed by atoms with E-state index < -0.39 is 12.0 Å². The second-order valence-corrected chi connectivity index (χ2v) is 4.04. The summed E-state index contributed by atoms with van der Waals surface area (Å²) in [6.07, 6.45) is 1.46. The Morgan fingerprint density at radius 3 is 2.56 bits per heavy atom. The van der Waals surface area contributed by atoms with Gasteiger partial charge in [-0.2, -0.15) is 0 Å². The van der Waals surface area contributed by atoms with Crippen molar-refractivity contribution in [2.45, 2.75) is 32.2 Å². The number of hydrogen-bond acceptors (Lipinski definition) is 4. The molecule has 0 aliphatic heterocycles. The van der Waals surface area contributed by atoms with Gasteiger partial charge in [-0.05, 0) is 19.8 Å². The first-order valence-electron chi connectivity index (χ1n) is 6.15. The van der Waals surface area contributed by atoms with Crippen molar-refractivity contribution in [3.05, 3.63) is 35.9 Å². The van der Waals surface area contributed by atoms with Gasteiger partial charge in [-0.1, -0.05) is 30.3 Å². The van der Waals surface area contributed by atoms with Crippen LogP contribution in [0.3, 0.4) is 0 Å². The third-order valence-corrected chi connectivity index (χ3v) is 2.60. The average molecular weight is 249 g/mol. The summed E-state index contributed by atoms with van der Waals surface area (Å²) in [4.78, 5) is 23.0. The molecule has 0 heterocycles. The standard InChI is InChI=1S/C14H19NO3/c1-2-18-14(17)12(15)9-6-10-13(16)11-7-4-3-5-8-11/h3-5,7-8,12H,2,6,9-10,15H2,1H3. The van der Waals surface area contributed by atoms with Crippen molar-refractivity contribution in [1.82, 2.24) is 0 Å². The number of nitrogens with two attached hydrogens (primary N) is 1. The molecule has 0 aromatic heterocycles. The third-order valence-electron chi connectivity index (χ3n) is 2.60. The fourth-order valence-corrected chi connectivity index (χ4v) is 1.62. The fourth-order valence-electron chi connectivity index (χ4n) is 1.62. The van der Waals surface area contributed by atoms with Gasteiger partial charge in [0.15, 0.2) is 5.78 Å². The number of rotatable bonds is 7. The molecule has 1 unspecified atom stereocenters. The second-order valence-electron chi connectivity index (χ2n) is 4.04. The van der Waals surface area contributed by atoms with Crippen LogP contribution in [-0.4, -0.2) is 24.4 Å². The molecule has 1 rings (SSSR count). The Hall–Kier alpha value is -1.68. The van der Waals surface area contributed by atoms with Crippen LogP contribution in [0.15, 0.2) is 30.3 Å². The van der Waals surface area contributed by atoms with Gasteiger partial charge in [0.2, 0.25) is 0 Å². The topological polar surface area (TPSA) is 69.4 Å². The SMILES string of the molecule is CCOC(=O)C(N)CCCC(=O)c1ccccc1. The molecule has 1 aromatic carbocycles. The van der Waals surface area contributed by atoms with Gasteiger partial charge in [-0.25, -0.2) is 0 Å². The summed E-state index contributed by atoms with van der Waals surface area (Å²) >= 11 is 0. The highest BCUT2D eigenvalue weighted by molar-refractivity contribution is 5.95. The lowest BCUT2D eigenvalue weighted by molar-refractivity contribution is -0.144. The predicted molar refractivity (Wildman–Crippen MR) is 69.2 cm³/mol. The van der Waals surface area contributed by atoms with Crippen LogP contribution in [0.25, 0.3) is 0 Å². The van der Waals surface area contributed by atoms with Crippen molar-refractivity contribution in [3.63, 3.8) is 0 Å². The van der Waals surface area contributed by atoms with E-state index >= 15 is 0 Å². The monoisotopic (exact) mass is 249 g/mol. The summed E-state index contributed by atoms with van der Waals surface area (Å²) in [7, 11) is 0. The highest BCUT2D eigenvalue weighted by Crippen LogP contribution is 2.08. The predicted octanol–water partition coefficient (Wildman–Crippen LogP) is 1.93. The number of ether oxygens (including phenoxy) is 1. The molecule has 0 amide bonds. The van der Waals surface area contributed by atoms with Crippen LogP contribution in [0.4, 0.5) is 0 Å². The Morgan fingerprint density at radius 1 is 1.28 bits per heavy atom. The van der Waals surface area contributed by atoms with E-state index in [1.807, 2.05) is 18.2 Å². The van der Waals surface area contributed by atoms with Crippen LogP contribution < -0.4 is 5.73 Å². The molecule has 0 bridgehead atoms. The van der Waals surface area contributed by atoms with Gasteiger partial charge in [0.1, 0.15) is 6.04 Å². The summed E-state index contributed by atoms with van der Waals surface area (Å²) in [6, 6.07) is 8.47. The Labute approximate surface area is 107 Å². The maximum absolute atomic E-state index is 11.8. The van der Waals surface area contributed by atoms with Crippen LogP contribution in [0, 0.1) is 0 Å². The van der Waals surface area contributed by atoms with Crippen molar-refractivity contribution in [2.24, 2.45) is 5.73 Å². The number of hydrogen-bond donors (Lipinski definition) is 1. The lowest BCUT2D eigenvalue weighted by Gasteiger charge is -2.09. The van der Waals surface area contributed by atoms with Gasteiger partial charge in [0.25, 0.3) is 0 Å². The van der Waals surface area contributed by atoms with E-state index in [2.05, 4.69) is 0 Å². The molecule has 18 heavy (non-hydrogen) atoms. The average Bonchev–Trinajstić information content (AvgIpc) is 2.39. The fraction of sp³-hybridized carbons (Fsp3) is 0.429. The zero-order chi connectivity index (χ0) is 13.4. The van der Waals surface area contributed by atoms with Crippen molar-refractivity contribution >= 4 is 11.8 Å². The Bertz CT molecular complexity index is 389. The number of carbonyl (C=O) groups excluding carboxylic acids is 2. The van der Waals surface area contributed by atoms with E-state index in [4.69, 9.17) is 10.5 Å². The van der Waals surface area contributed by atoms with Crippen LogP contribution in [-0.2, 0) is 9.53 Å². The minimum Gasteiger partial charge on any atom is -0.465 e. The zero-order valence-corrected chi connectivity index (χ0v) is 10.6. The molecule has 0 aliphatic rings. The minimum absolute atomic E-state index is 0.0756. The van der Waals surface area contributed by atoms with Gasteiger partial charge >= 0.3 is 5.97 Å². The highest BCUT2D eigenvalue weighted by Gasteiger charge is 2.14. The summed E-state index contributed by atoms with van der Waals surface area (Å²) in [5.74, 6) is -0.323. The maximum atomic E-state index is 11.8. The van der Waals surface area contributed by atoms with Crippen molar-refractivity contribution in [1.29, 1.82) is 0 Å². The number of carbonyl (C=O) groups is 2. The molecular weight excluding hydrogens is 230 g/mol. The molecule has 0 radical (unpaired) electrons. The van der Waals surface area contributed by atoms with Crippen molar-refractivity contribution in [3.8, 4) is 0 Å². The summed E-state index contributed by atoms with van der Waals surface area (Å²) in [6.45, 7) is 2.07. The minimum atomic E-state index is -0.631. The molecule has 4 heteroatoms. The summed E-state index contributed by atoms with van der Waals surface area (Å²) in [5, 5.41) is 0. The van der Waals surface area contributed by atoms with E-state index in [1.165, 1.54) is 0 Å². The molecular formula is C14H19NO3. The first-order valence-corrected chi connectivity index (χ1v) is 6.15. The molecule has 0 saturated carbocycles. The largest absolute Gasteiger partial charge is 0.465 e. The molecule has 1 aromatic rings. The maximum Gasteiger partial charge on any atom is 0.322 e. The Morgan fingerprint density at radius 2 is 1.94 bits per heavy atom. The second kappa shape index (κ2) is 7.61. The molecule has 1 atom stereocenters. The molecule has 4 nitrogen and oxygen atoms in total. The molecule has 0 spiro atoms. The summed E-state index contributed by atoms with van der Waals surface area (Å²) in [5.41, 5.74) is 6.34. The van der Waals surface area contributed by atoms with E-state index in [-0.39, 0.29) is 5.78 Å². The number of Topliss-reactive ketones (excluding diaryl/α,β-unsaturated/α-hetero) is 1. The van der Waals surface area contributed by atoms with Crippen molar-refractivity contribution in [2.75, 3.05) is 6.61 Å². The Kier molecular flexibility index (Phi) is 6.08. The Balaban J connectivity index is 2.30. The van der Waals surface area contributed by atoms with Crippen LogP contribution in [0.5, 0.6) is 0 Å². The smallest absolute Gasteiger partial charge is 0.322 e. The van der Waals surface area contributed by atoms with E-state index in [9.17, 15) is 9.59 Å². The van der Waals surface area contributed by atoms with Crippen LogP contribution >= 0.6 is 0 Å². The molecule has 0 fully saturated rings. The lowest BCUT2D eigenvalue weighted by Crippen LogP contribution is -2.32. The van der Waals surface area contributed by atoms with Gasteiger partial charge in [-0.15, -0.1) is 0 Å². The van der Waals surface area contributed by atoms with Crippen LogP contribution in [0.1, 0.15) is 36.5 Å². The first kappa shape index (κ1) is 14.4. The van der Waals surface area contributed by atoms with E-state index in [0.717, 1.165) is 0 Å². The van der Waals surface area contributed by atoms with Gasteiger partial charge in [0.05, 0.1) is 6.61 Å². The lowest BCUT2D eigenvalue weighted by atomic mass is 10.0. The van der Waals surface area contributed by atoms with Gasteiger partial charge in [-0.3, -0.25) is 9.59 Å². The molecule has 0 aliphatic carbocycles.